The van der Waals surface area contributed by atoms with Crippen LogP contribution in [0, 0.1) is 0 Å². The molecule has 0 bridgehead atoms. The van der Waals surface area contributed by atoms with E-state index in [1.54, 1.807) is 36.7 Å². The van der Waals surface area contributed by atoms with Gasteiger partial charge in [0.05, 0.1) is 15.7 Å². The van der Waals surface area contributed by atoms with Gasteiger partial charge in [-0.15, -0.1) is 0 Å². The topological polar surface area (TPSA) is 79.8 Å². The van der Waals surface area contributed by atoms with E-state index in [0.717, 1.165) is 5.56 Å². The number of carbonyl (C=O) groups is 1. The molecule has 126 valence electrons. The molecule has 0 atom stereocenters. The van der Waals surface area contributed by atoms with Gasteiger partial charge in [-0.25, -0.2) is 9.97 Å². The SMILES string of the molecule is O=C(Nc1cccc(Cl)c1Cl)c1cc(NCc2ccncc2)ncn1. The van der Waals surface area contributed by atoms with Crippen LogP contribution in [0.5, 0.6) is 0 Å². The number of hydrogen-bond acceptors (Lipinski definition) is 5. The number of halogens is 2. The van der Waals surface area contributed by atoms with Crippen molar-refractivity contribution in [1.29, 1.82) is 0 Å². The summed E-state index contributed by atoms with van der Waals surface area (Å²) in [5.74, 6) is 0.132. The second-order valence-corrected chi connectivity index (χ2v) is 5.84. The number of carbonyl (C=O) groups excluding carboxylic acids is 1. The summed E-state index contributed by atoms with van der Waals surface area (Å²) in [6.07, 6.45) is 4.75. The van der Waals surface area contributed by atoms with Gasteiger partial charge in [-0.2, -0.15) is 0 Å². The van der Waals surface area contributed by atoms with Crippen LogP contribution in [0.2, 0.25) is 10.0 Å². The Hall–Kier alpha value is -2.70. The lowest BCUT2D eigenvalue weighted by molar-refractivity contribution is 0.102. The van der Waals surface area contributed by atoms with Crippen LogP contribution in [0.15, 0.2) is 55.1 Å². The van der Waals surface area contributed by atoms with E-state index in [1.165, 1.54) is 6.33 Å². The van der Waals surface area contributed by atoms with E-state index >= 15 is 0 Å². The van der Waals surface area contributed by atoms with Gasteiger partial charge in [0.2, 0.25) is 0 Å². The van der Waals surface area contributed by atoms with Gasteiger partial charge < -0.3 is 10.6 Å². The predicted molar refractivity (Wildman–Crippen MR) is 98.0 cm³/mol. The number of rotatable bonds is 5. The van der Waals surface area contributed by atoms with Gasteiger partial charge in [-0.1, -0.05) is 29.3 Å². The largest absolute Gasteiger partial charge is 0.366 e. The van der Waals surface area contributed by atoms with Crippen LogP contribution in [0.25, 0.3) is 0 Å². The molecule has 0 fully saturated rings. The maximum absolute atomic E-state index is 12.4. The Balaban J connectivity index is 1.70. The number of aromatic nitrogens is 3. The molecule has 25 heavy (non-hydrogen) atoms. The minimum atomic E-state index is -0.404. The Kier molecular flexibility index (Phi) is 5.42. The molecular formula is C17H13Cl2N5O. The summed E-state index contributed by atoms with van der Waals surface area (Å²) < 4.78 is 0. The highest BCUT2D eigenvalue weighted by atomic mass is 35.5. The average Bonchev–Trinajstić information content (AvgIpc) is 2.65. The van der Waals surface area contributed by atoms with Gasteiger partial charge in [0.1, 0.15) is 17.8 Å². The Morgan fingerprint density at radius 2 is 1.88 bits per heavy atom. The number of benzene rings is 1. The molecule has 2 aromatic heterocycles. The summed E-state index contributed by atoms with van der Waals surface area (Å²) in [4.78, 5) is 24.4. The molecule has 0 saturated carbocycles. The Morgan fingerprint density at radius 1 is 1.08 bits per heavy atom. The van der Waals surface area contributed by atoms with Crippen molar-refractivity contribution in [3.05, 3.63) is 76.4 Å². The number of pyridine rings is 1. The Morgan fingerprint density at radius 3 is 2.68 bits per heavy atom. The lowest BCUT2D eigenvalue weighted by Gasteiger charge is -2.09. The lowest BCUT2D eigenvalue weighted by atomic mass is 10.2. The third kappa shape index (κ3) is 4.43. The van der Waals surface area contributed by atoms with Crippen molar-refractivity contribution >= 4 is 40.6 Å². The highest BCUT2D eigenvalue weighted by molar-refractivity contribution is 6.44. The predicted octanol–water partition coefficient (Wildman–Crippen LogP) is 4.04. The number of amides is 1. The zero-order valence-corrected chi connectivity index (χ0v) is 14.4. The fraction of sp³-hybridized carbons (Fsp3) is 0.0588. The molecular weight excluding hydrogens is 361 g/mol. The fourth-order valence-electron chi connectivity index (χ4n) is 2.06. The van der Waals surface area contributed by atoms with Crippen LogP contribution in [0.1, 0.15) is 16.1 Å². The van der Waals surface area contributed by atoms with Crippen molar-refractivity contribution < 1.29 is 4.79 Å². The zero-order chi connectivity index (χ0) is 17.6. The van der Waals surface area contributed by atoms with Crippen molar-refractivity contribution in [2.45, 2.75) is 6.54 Å². The van der Waals surface area contributed by atoms with E-state index in [0.29, 0.717) is 23.1 Å². The number of nitrogens with one attached hydrogen (secondary N) is 2. The third-order valence-corrected chi connectivity index (χ3v) is 4.14. The van der Waals surface area contributed by atoms with E-state index in [2.05, 4.69) is 25.6 Å². The highest BCUT2D eigenvalue weighted by Crippen LogP contribution is 2.29. The Labute approximate surface area is 154 Å². The van der Waals surface area contributed by atoms with Crippen LogP contribution in [0.3, 0.4) is 0 Å². The summed E-state index contributed by atoms with van der Waals surface area (Å²) in [6.45, 7) is 0.556. The van der Waals surface area contributed by atoms with Crippen LogP contribution in [-0.4, -0.2) is 20.9 Å². The molecule has 0 radical (unpaired) electrons. The van der Waals surface area contributed by atoms with E-state index in [1.807, 2.05) is 12.1 Å². The van der Waals surface area contributed by atoms with Crippen molar-refractivity contribution in [1.82, 2.24) is 15.0 Å². The van der Waals surface area contributed by atoms with Crippen LogP contribution in [0.4, 0.5) is 11.5 Å². The minimum Gasteiger partial charge on any atom is -0.366 e. The second kappa shape index (κ2) is 7.92. The molecule has 3 aromatic rings. The molecule has 0 aliphatic rings. The molecule has 1 amide bonds. The van der Waals surface area contributed by atoms with Crippen LogP contribution >= 0.6 is 23.2 Å². The molecule has 0 spiro atoms. The standard InChI is InChI=1S/C17H13Cl2N5O/c18-12-2-1-3-13(16(12)19)24-17(25)14-8-15(23-10-22-14)21-9-11-4-6-20-7-5-11/h1-8,10H,9H2,(H,24,25)(H,21,22,23). The van der Waals surface area contributed by atoms with Crippen molar-refractivity contribution in [2.75, 3.05) is 10.6 Å². The first-order valence-corrected chi connectivity index (χ1v) is 8.09. The van der Waals surface area contributed by atoms with Gasteiger partial charge >= 0.3 is 0 Å². The molecule has 6 nitrogen and oxygen atoms in total. The molecule has 3 rings (SSSR count). The van der Waals surface area contributed by atoms with Crippen LogP contribution < -0.4 is 10.6 Å². The van der Waals surface area contributed by atoms with Gasteiger partial charge in [0.15, 0.2) is 0 Å². The monoisotopic (exact) mass is 373 g/mol. The van der Waals surface area contributed by atoms with Crippen molar-refractivity contribution in [3.8, 4) is 0 Å². The maximum Gasteiger partial charge on any atom is 0.274 e. The number of anilines is 2. The first-order chi connectivity index (χ1) is 12.1. The fourth-order valence-corrected chi connectivity index (χ4v) is 2.41. The van der Waals surface area contributed by atoms with Crippen molar-refractivity contribution in [2.24, 2.45) is 0 Å². The van der Waals surface area contributed by atoms with E-state index in [-0.39, 0.29) is 10.7 Å². The highest BCUT2D eigenvalue weighted by Gasteiger charge is 2.12. The molecule has 0 unspecified atom stereocenters. The average molecular weight is 374 g/mol. The quantitative estimate of drug-likeness (QED) is 0.705. The zero-order valence-electron chi connectivity index (χ0n) is 12.9. The van der Waals surface area contributed by atoms with Gasteiger partial charge in [-0.3, -0.25) is 9.78 Å². The minimum absolute atomic E-state index is 0.211. The van der Waals surface area contributed by atoms with Crippen molar-refractivity contribution in [3.63, 3.8) is 0 Å². The first kappa shape index (κ1) is 17.1. The molecule has 0 aliphatic carbocycles. The summed E-state index contributed by atoms with van der Waals surface area (Å²) in [5.41, 5.74) is 1.68. The molecule has 2 heterocycles. The molecule has 1 aromatic carbocycles. The summed E-state index contributed by atoms with van der Waals surface area (Å²) >= 11 is 12.0. The molecule has 0 aliphatic heterocycles. The van der Waals surface area contributed by atoms with Gasteiger partial charge in [0, 0.05) is 25.0 Å². The molecule has 0 saturated heterocycles. The smallest absolute Gasteiger partial charge is 0.274 e. The molecule has 8 heteroatoms. The number of nitrogens with zero attached hydrogens (tertiary/aromatic N) is 3. The first-order valence-electron chi connectivity index (χ1n) is 7.33. The van der Waals surface area contributed by atoms with Gasteiger partial charge in [0.25, 0.3) is 5.91 Å². The normalized spacial score (nSPS) is 10.3. The van der Waals surface area contributed by atoms with E-state index in [4.69, 9.17) is 23.2 Å². The van der Waals surface area contributed by atoms with E-state index in [9.17, 15) is 4.79 Å². The van der Waals surface area contributed by atoms with Crippen LogP contribution in [-0.2, 0) is 6.54 Å². The second-order valence-electron chi connectivity index (χ2n) is 5.05. The van der Waals surface area contributed by atoms with E-state index < -0.39 is 5.91 Å². The summed E-state index contributed by atoms with van der Waals surface area (Å²) in [5, 5.41) is 6.46. The number of hydrogen-bond donors (Lipinski definition) is 2. The summed E-state index contributed by atoms with van der Waals surface area (Å²) in [6, 6.07) is 10.4. The van der Waals surface area contributed by atoms with Gasteiger partial charge in [-0.05, 0) is 29.8 Å². The Bertz CT molecular complexity index is 889. The maximum atomic E-state index is 12.4. The third-order valence-electron chi connectivity index (χ3n) is 3.32. The molecule has 2 N–H and O–H groups in total. The summed E-state index contributed by atoms with van der Waals surface area (Å²) in [7, 11) is 0. The lowest BCUT2D eigenvalue weighted by Crippen LogP contribution is -2.15.